The zero-order valence-corrected chi connectivity index (χ0v) is 30.3. The summed E-state index contributed by atoms with van der Waals surface area (Å²) >= 11 is 1.30. The number of hydrogen-bond donors (Lipinski definition) is 4. The van der Waals surface area contributed by atoms with Crippen LogP contribution in [0.1, 0.15) is 86.3 Å². The quantitative estimate of drug-likeness (QED) is 0.0801. The Hall–Kier alpha value is -5.10. The zero-order valence-electron chi connectivity index (χ0n) is 29.5. The maximum atomic E-state index is 13.3. The van der Waals surface area contributed by atoms with Crippen LogP contribution in [0.25, 0.3) is 22.5 Å². The molecule has 270 valence electrons. The Bertz CT molecular complexity index is 1760. The van der Waals surface area contributed by atoms with E-state index in [2.05, 4.69) is 27.5 Å². The highest BCUT2D eigenvalue weighted by Gasteiger charge is 2.29. The Morgan fingerprint density at radius 2 is 1.43 bits per heavy atom. The number of unbranched alkanes of at least 4 members (excludes halogenated alkanes) is 4. The van der Waals surface area contributed by atoms with Crippen LogP contribution in [0.4, 0.5) is 0 Å². The van der Waals surface area contributed by atoms with Gasteiger partial charge in [0.15, 0.2) is 5.82 Å². The molecule has 0 spiro atoms. The highest BCUT2D eigenvalue weighted by molar-refractivity contribution is 7.14. The molecule has 4 aromatic rings. The predicted octanol–water partition coefficient (Wildman–Crippen LogP) is 6.90. The summed E-state index contributed by atoms with van der Waals surface area (Å²) in [5.74, 6) is -2.85. The fourth-order valence-electron chi connectivity index (χ4n) is 5.24. The van der Waals surface area contributed by atoms with Gasteiger partial charge < -0.3 is 25.6 Å². The van der Waals surface area contributed by atoms with Gasteiger partial charge in [0.2, 0.25) is 5.91 Å². The van der Waals surface area contributed by atoms with E-state index in [0.717, 1.165) is 33.7 Å². The van der Waals surface area contributed by atoms with Crippen molar-refractivity contribution < 1.29 is 34.1 Å². The van der Waals surface area contributed by atoms with Gasteiger partial charge in [0, 0.05) is 34.8 Å². The van der Waals surface area contributed by atoms with Gasteiger partial charge in [-0.3, -0.25) is 14.4 Å². The van der Waals surface area contributed by atoms with Crippen LogP contribution in [0.2, 0.25) is 0 Å². The Labute approximate surface area is 302 Å². The van der Waals surface area contributed by atoms with Crippen LogP contribution in [-0.2, 0) is 26.2 Å². The highest BCUT2D eigenvalue weighted by Crippen LogP contribution is 2.29. The van der Waals surface area contributed by atoms with Crippen LogP contribution in [0.3, 0.4) is 0 Å². The second kappa shape index (κ2) is 18.2. The van der Waals surface area contributed by atoms with Gasteiger partial charge >= 0.3 is 11.9 Å². The van der Waals surface area contributed by atoms with Gasteiger partial charge in [-0.15, -0.1) is 11.3 Å². The second-order valence-electron chi connectivity index (χ2n) is 13.4. The summed E-state index contributed by atoms with van der Waals surface area (Å²) in [5, 5.41) is 23.6. The molecule has 0 aliphatic rings. The number of aromatic nitrogens is 2. The number of nitrogens with one attached hydrogen (secondary N) is 2. The first kappa shape index (κ1) is 38.7. The molecule has 0 saturated heterocycles. The largest absolute Gasteiger partial charge is 0.494 e. The molecule has 2 amide bonds. The summed E-state index contributed by atoms with van der Waals surface area (Å²) in [6.45, 7) is 8.99. The van der Waals surface area contributed by atoms with Crippen molar-refractivity contribution in [3.63, 3.8) is 0 Å². The standard InChI is InChI=1S/C39H46N4O7S/c1-5-6-7-8-9-20-50-29-16-14-26(15-17-29)28-23-40-35(41-24-28)27-12-10-25(11-13-27)21-30(36(46)43-31(38(48)49)22-34(44)45)42-37(47)32-18-19-33(51-32)39(2,3)4/h10-19,23-24,30-31H,5-9,20-22H2,1-4H3,(H,42,47)(H,43,46)(H,44,45)(H,48,49)/t30-,31+/m0/s1. The minimum absolute atomic E-state index is 0.0210. The molecule has 2 heterocycles. The average molecular weight is 715 g/mol. The number of carboxylic acids is 2. The van der Waals surface area contributed by atoms with E-state index < -0.39 is 42.3 Å². The third kappa shape index (κ3) is 11.7. The average Bonchev–Trinajstić information content (AvgIpc) is 3.62. The first-order chi connectivity index (χ1) is 24.3. The number of amides is 2. The van der Waals surface area contributed by atoms with E-state index in [9.17, 15) is 24.3 Å². The highest BCUT2D eigenvalue weighted by atomic mass is 32.1. The van der Waals surface area contributed by atoms with Crippen molar-refractivity contribution >= 4 is 35.1 Å². The molecule has 0 radical (unpaired) electrons. The van der Waals surface area contributed by atoms with Crippen molar-refractivity contribution in [3.05, 3.63) is 88.4 Å². The van der Waals surface area contributed by atoms with Gasteiger partial charge in [0.05, 0.1) is 17.9 Å². The molecule has 51 heavy (non-hydrogen) atoms. The number of carbonyl (C=O) groups is 4. The number of benzene rings is 2. The van der Waals surface area contributed by atoms with E-state index in [1.165, 1.54) is 37.0 Å². The number of thiophene rings is 1. The summed E-state index contributed by atoms with van der Waals surface area (Å²) in [7, 11) is 0. The fourth-order valence-corrected chi connectivity index (χ4v) is 6.21. The summed E-state index contributed by atoms with van der Waals surface area (Å²) in [6.07, 6.45) is 8.64. The Balaban J connectivity index is 1.43. The molecular weight excluding hydrogens is 669 g/mol. The van der Waals surface area contributed by atoms with Gasteiger partial charge in [0.1, 0.15) is 17.8 Å². The lowest BCUT2D eigenvalue weighted by molar-refractivity contribution is -0.147. The molecule has 0 aliphatic heterocycles. The summed E-state index contributed by atoms with van der Waals surface area (Å²) in [6, 6.07) is 15.7. The minimum atomic E-state index is -1.66. The zero-order chi connectivity index (χ0) is 37.0. The minimum Gasteiger partial charge on any atom is -0.494 e. The van der Waals surface area contributed by atoms with Crippen LogP contribution in [-0.4, -0.2) is 62.6 Å². The number of rotatable bonds is 18. The Morgan fingerprint density at radius 1 is 0.784 bits per heavy atom. The first-order valence-electron chi connectivity index (χ1n) is 17.1. The predicted molar refractivity (Wildman–Crippen MR) is 197 cm³/mol. The molecule has 2 atom stereocenters. The van der Waals surface area contributed by atoms with Gasteiger partial charge in [-0.25, -0.2) is 14.8 Å². The van der Waals surface area contributed by atoms with Gasteiger partial charge in [-0.2, -0.15) is 0 Å². The molecule has 0 saturated carbocycles. The monoisotopic (exact) mass is 714 g/mol. The van der Waals surface area contributed by atoms with E-state index in [0.29, 0.717) is 22.9 Å². The van der Waals surface area contributed by atoms with Crippen molar-refractivity contribution in [2.24, 2.45) is 0 Å². The summed E-state index contributed by atoms with van der Waals surface area (Å²) in [5.41, 5.74) is 3.05. The molecule has 11 nitrogen and oxygen atoms in total. The smallest absolute Gasteiger partial charge is 0.326 e. The molecule has 4 N–H and O–H groups in total. The maximum Gasteiger partial charge on any atom is 0.326 e. The lowest BCUT2D eigenvalue weighted by atomic mass is 9.95. The summed E-state index contributed by atoms with van der Waals surface area (Å²) in [4.78, 5) is 59.9. The van der Waals surface area contributed by atoms with Crippen molar-refractivity contribution in [1.82, 2.24) is 20.6 Å². The Morgan fingerprint density at radius 3 is 2.02 bits per heavy atom. The molecule has 0 fully saturated rings. The van der Waals surface area contributed by atoms with Crippen LogP contribution < -0.4 is 15.4 Å². The fraction of sp³-hybridized carbons (Fsp3) is 0.385. The number of aliphatic carboxylic acids is 2. The van der Waals surface area contributed by atoms with Crippen molar-refractivity contribution in [2.45, 2.75) is 90.1 Å². The van der Waals surface area contributed by atoms with E-state index in [1.54, 1.807) is 42.7 Å². The Kier molecular flexibility index (Phi) is 13.8. The molecule has 0 bridgehead atoms. The molecular formula is C39H46N4O7S. The number of carbonyl (C=O) groups excluding carboxylic acids is 2. The number of nitrogens with zero attached hydrogens (tertiary/aromatic N) is 2. The van der Waals surface area contributed by atoms with Gasteiger partial charge in [0.25, 0.3) is 5.91 Å². The van der Waals surface area contributed by atoms with Gasteiger partial charge in [-0.1, -0.05) is 89.8 Å². The molecule has 0 aliphatic carbocycles. The molecule has 2 aromatic carbocycles. The SMILES string of the molecule is CCCCCCCOc1ccc(-c2cnc(-c3ccc(C[C@H](NC(=O)c4ccc(C(C)(C)C)s4)C(=O)N[C@H](CC(=O)O)C(=O)O)cc3)nc2)cc1. The third-order valence-corrected chi connectivity index (χ3v) is 9.70. The van der Waals surface area contributed by atoms with Crippen LogP contribution in [0.15, 0.2) is 73.1 Å². The van der Waals surface area contributed by atoms with E-state index >= 15 is 0 Å². The maximum absolute atomic E-state index is 13.3. The van der Waals surface area contributed by atoms with Crippen LogP contribution >= 0.6 is 11.3 Å². The van der Waals surface area contributed by atoms with Crippen LogP contribution in [0.5, 0.6) is 5.75 Å². The number of ether oxygens (including phenoxy) is 1. The van der Waals surface area contributed by atoms with Gasteiger partial charge in [-0.05, 0) is 47.2 Å². The molecule has 2 aromatic heterocycles. The normalized spacial score (nSPS) is 12.5. The molecule has 4 rings (SSSR count). The van der Waals surface area contributed by atoms with Crippen LogP contribution in [0, 0.1) is 0 Å². The second-order valence-corrected chi connectivity index (χ2v) is 14.5. The molecule has 0 unspecified atom stereocenters. The lowest BCUT2D eigenvalue weighted by Crippen LogP contribution is -2.52. The van der Waals surface area contributed by atoms with Crippen molar-refractivity contribution in [3.8, 4) is 28.3 Å². The summed E-state index contributed by atoms with van der Waals surface area (Å²) < 4.78 is 5.87. The van der Waals surface area contributed by atoms with E-state index in [-0.39, 0.29) is 11.8 Å². The number of carboxylic acid groups (broad SMARTS) is 2. The van der Waals surface area contributed by atoms with E-state index in [4.69, 9.17) is 9.84 Å². The molecule has 12 heteroatoms. The van der Waals surface area contributed by atoms with Crippen molar-refractivity contribution in [2.75, 3.05) is 6.61 Å². The van der Waals surface area contributed by atoms with Crippen molar-refractivity contribution in [1.29, 1.82) is 0 Å². The topological polar surface area (TPSA) is 168 Å². The lowest BCUT2D eigenvalue weighted by Gasteiger charge is -2.21. The number of hydrogen-bond acceptors (Lipinski definition) is 8. The third-order valence-electron chi connectivity index (χ3n) is 8.19. The van der Waals surface area contributed by atoms with E-state index in [1.807, 2.05) is 51.1 Å². The first-order valence-corrected chi connectivity index (χ1v) is 18.0.